The van der Waals surface area contributed by atoms with Crippen molar-refractivity contribution in [2.75, 3.05) is 6.26 Å². The van der Waals surface area contributed by atoms with Crippen LogP contribution >= 0.6 is 23.1 Å². The van der Waals surface area contributed by atoms with E-state index >= 15 is 0 Å². The van der Waals surface area contributed by atoms with Gasteiger partial charge in [-0.2, -0.15) is 0 Å². The second-order valence-electron chi connectivity index (χ2n) is 4.25. The molecule has 1 aromatic carbocycles. The topological polar surface area (TPSA) is 17.3 Å². The van der Waals surface area contributed by atoms with Crippen LogP contribution in [0, 0.1) is 13.8 Å². The minimum absolute atomic E-state index is 1.05. The highest BCUT2D eigenvalue weighted by molar-refractivity contribution is 7.98. The molecule has 0 unspecified atom stereocenters. The van der Waals surface area contributed by atoms with Gasteiger partial charge in [-0.25, -0.2) is 4.98 Å². The molecule has 2 aromatic heterocycles. The summed E-state index contributed by atoms with van der Waals surface area (Å²) >= 11 is 3.51. The fraction of sp³-hybridized carbons (Fsp3) is 0.214. The Bertz CT molecular complexity index is 692. The Morgan fingerprint density at radius 2 is 1.89 bits per heavy atom. The zero-order chi connectivity index (χ0) is 12.7. The molecule has 0 aliphatic rings. The quantitative estimate of drug-likeness (QED) is 0.644. The normalized spacial score (nSPS) is 11.3. The van der Waals surface area contributed by atoms with Crippen LogP contribution in [0.15, 0.2) is 35.4 Å². The van der Waals surface area contributed by atoms with Gasteiger partial charge in [0.15, 0.2) is 4.96 Å². The summed E-state index contributed by atoms with van der Waals surface area (Å²) in [5, 5.41) is 0. The van der Waals surface area contributed by atoms with Crippen LogP contribution in [0.3, 0.4) is 0 Å². The Labute approximate surface area is 115 Å². The van der Waals surface area contributed by atoms with Crippen molar-refractivity contribution >= 4 is 28.1 Å². The molecule has 0 amide bonds. The number of hydrogen-bond acceptors (Lipinski definition) is 3. The Morgan fingerprint density at radius 1 is 1.17 bits per heavy atom. The van der Waals surface area contributed by atoms with E-state index in [0.717, 1.165) is 10.7 Å². The van der Waals surface area contributed by atoms with E-state index in [2.05, 4.69) is 55.0 Å². The molecule has 0 saturated carbocycles. The summed E-state index contributed by atoms with van der Waals surface area (Å²) in [6.07, 6.45) is 4.22. The average Bonchev–Trinajstić information content (AvgIpc) is 2.91. The highest BCUT2D eigenvalue weighted by Gasteiger charge is 2.09. The van der Waals surface area contributed by atoms with Gasteiger partial charge in [-0.05, 0) is 32.2 Å². The van der Waals surface area contributed by atoms with E-state index in [9.17, 15) is 0 Å². The lowest BCUT2D eigenvalue weighted by atomic mass is 10.2. The molecule has 0 aliphatic heterocycles. The van der Waals surface area contributed by atoms with Crippen LogP contribution in [0.2, 0.25) is 0 Å². The molecular weight excluding hydrogens is 260 g/mol. The van der Waals surface area contributed by atoms with Crippen LogP contribution in [0.1, 0.15) is 10.6 Å². The standard InChI is InChI=1S/C14H14N2S2/c1-9-10(2)18-14-15-13(8-16(9)14)11-4-6-12(17-3)7-5-11/h4-8H,1-3H3. The van der Waals surface area contributed by atoms with Crippen molar-refractivity contribution < 1.29 is 0 Å². The minimum atomic E-state index is 1.05. The van der Waals surface area contributed by atoms with Crippen LogP contribution in [-0.4, -0.2) is 15.6 Å². The predicted octanol–water partition coefficient (Wildman–Crippen LogP) is 4.40. The molecule has 3 aromatic rings. The van der Waals surface area contributed by atoms with Gasteiger partial charge in [-0.3, -0.25) is 4.40 Å². The van der Waals surface area contributed by atoms with Gasteiger partial charge < -0.3 is 0 Å². The first-order valence-corrected chi connectivity index (χ1v) is 7.82. The molecule has 18 heavy (non-hydrogen) atoms. The van der Waals surface area contributed by atoms with Crippen LogP contribution in [0.4, 0.5) is 0 Å². The number of fused-ring (bicyclic) bond motifs is 1. The van der Waals surface area contributed by atoms with Crippen molar-refractivity contribution in [1.82, 2.24) is 9.38 Å². The molecule has 0 fully saturated rings. The second-order valence-corrected chi connectivity index (χ2v) is 6.31. The smallest absolute Gasteiger partial charge is 0.194 e. The van der Waals surface area contributed by atoms with Gasteiger partial charge in [-0.1, -0.05) is 12.1 Å². The van der Waals surface area contributed by atoms with E-state index in [4.69, 9.17) is 4.98 Å². The fourth-order valence-corrected chi connectivity index (χ4v) is 3.32. The summed E-state index contributed by atoms with van der Waals surface area (Å²) in [6, 6.07) is 8.57. The third kappa shape index (κ3) is 1.85. The van der Waals surface area contributed by atoms with Crippen LogP contribution in [0.5, 0.6) is 0 Å². The van der Waals surface area contributed by atoms with Crippen molar-refractivity contribution in [2.24, 2.45) is 0 Å². The van der Waals surface area contributed by atoms with E-state index in [0.29, 0.717) is 0 Å². The van der Waals surface area contributed by atoms with E-state index in [1.807, 2.05) is 0 Å². The van der Waals surface area contributed by atoms with Crippen molar-refractivity contribution in [3.8, 4) is 11.3 Å². The van der Waals surface area contributed by atoms with Gasteiger partial charge in [0, 0.05) is 27.2 Å². The van der Waals surface area contributed by atoms with Crippen molar-refractivity contribution in [3.05, 3.63) is 41.0 Å². The molecule has 0 spiro atoms. The maximum Gasteiger partial charge on any atom is 0.194 e. The monoisotopic (exact) mass is 274 g/mol. The van der Waals surface area contributed by atoms with Gasteiger partial charge in [0.2, 0.25) is 0 Å². The van der Waals surface area contributed by atoms with E-state index < -0.39 is 0 Å². The van der Waals surface area contributed by atoms with Crippen LogP contribution in [-0.2, 0) is 0 Å². The lowest BCUT2D eigenvalue weighted by Crippen LogP contribution is -1.82. The molecule has 2 nitrogen and oxygen atoms in total. The summed E-state index contributed by atoms with van der Waals surface area (Å²) in [4.78, 5) is 8.39. The number of aromatic nitrogens is 2. The number of thiazole rings is 1. The maximum atomic E-state index is 4.69. The Kier molecular flexibility index (Phi) is 2.92. The van der Waals surface area contributed by atoms with Crippen molar-refractivity contribution in [3.63, 3.8) is 0 Å². The van der Waals surface area contributed by atoms with Crippen molar-refractivity contribution in [1.29, 1.82) is 0 Å². The van der Waals surface area contributed by atoms with Crippen LogP contribution < -0.4 is 0 Å². The zero-order valence-electron chi connectivity index (χ0n) is 10.6. The van der Waals surface area contributed by atoms with Gasteiger partial charge >= 0.3 is 0 Å². The number of imidazole rings is 1. The SMILES string of the molecule is CSc1ccc(-c2cn3c(C)c(C)sc3n2)cc1. The number of rotatable bonds is 2. The number of thioether (sulfide) groups is 1. The third-order valence-electron chi connectivity index (χ3n) is 3.17. The molecule has 0 aliphatic carbocycles. The van der Waals surface area contributed by atoms with Gasteiger partial charge in [0.1, 0.15) is 0 Å². The number of nitrogens with zero attached hydrogens (tertiary/aromatic N) is 2. The molecule has 0 bridgehead atoms. The molecular formula is C14H14N2S2. The second kappa shape index (κ2) is 4.44. The Hall–Kier alpha value is -1.26. The summed E-state index contributed by atoms with van der Waals surface area (Å²) < 4.78 is 2.18. The molecule has 92 valence electrons. The molecule has 0 N–H and O–H groups in total. The molecule has 2 heterocycles. The summed E-state index contributed by atoms with van der Waals surface area (Å²) in [6.45, 7) is 4.28. The highest BCUT2D eigenvalue weighted by atomic mass is 32.2. The first kappa shape index (κ1) is 11.8. The number of aryl methyl sites for hydroxylation is 2. The average molecular weight is 274 g/mol. The molecule has 0 radical (unpaired) electrons. The van der Waals surface area contributed by atoms with Gasteiger partial charge in [0.05, 0.1) is 5.69 Å². The number of benzene rings is 1. The van der Waals surface area contributed by atoms with Gasteiger partial charge in [-0.15, -0.1) is 23.1 Å². The number of hydrogen-bond donors (Lipinski definition) is 0. The summed E-state index contributed by atoms with van der Waals surface area (Å²) in [5.41, 5.74) is 3.52. The van der Waals surface area contributed by atoms with Crippen LogP contribution in [0.25, 0.3) is 16.2 Å². The fourth-order valence-electron chi connectivity index (χ4n) is 1.96. The lowest BCUT2D eigenvalue weighted by Gasteiger charge is -1.98. The minimum Gasteiger partial charge on any atom is -0.294 e. The Morgan fingerprint density at radius 3 is 2.50 bits per heavy atom. The molecule has 0 atom stereocenters. The predicted molar refractivity (Wildman–Crippen MR) is 79.8 cm³/mol. The van der Waals surface area contributed by atoms with E-state index in [1.54, 1.807) is 23.1 Å². The summed E-state index contributed by atoms with van der Waals surface area (Å²) in [5.74, 6) is 0. The lowest BCUT2D eigenvalue weighted by molar-refractivity contribution is 1.11. The summed E-state index contributed by atoms with van der Waals surface area (Å²) in [7, 11) is 0. The maximum absolute atomic E-state index is 4.69. The Balaban J connectivity index is 2.07. The molecule has 3 rings (SSSR count). The van der Waals surface area contributed by atoms with Crippen molar-refractivity contribution in [2.45, 2.75) is 18.7 Å². The highest BCUT2D eigenvalue weighted by Crippen LogP contribution is 2.27. The van der Waals surface area contributed by atoms with Gasteiger partial charge in [0.25, 0.3) is 0 Å². The van der Waals surface area contributed by atoms with E-state index in [1.165, 1.54) is 21.0 Å². The first-order chi connectivity index (χ1) is 8.69. The first-order valence-electron chi connectivity index (χ1n) is 5.78. The molecule has 4 heteroatoms. The third-order valence-corrected chi connectivity index (χ3v) is 4.99. The largest absolute Gasteiger partial charge is 0.294 e. The van der Waals surface area contributed by atoms with E-state index in [-0.39, 0.29) is 0 Å². The molecule has 0 saturated heterocycles. The zero-order valence-corrected chi connectivity index (χ0v) is 12.2.